The molecule has 96 valence electrons. The van der Waals surface area contributed by atoms with Gasteiger partial charge < -0.3 is 15.5 Å². The van der Waals surface area contributed by atoms with E-state index in [9.17, 15) is 0 Å². The number of nitrogens with zero attached hydrogens (tertiary/aromatic N) is 2. The van der Waals surface area contributed by atoms with Gasteiger partial charge in [-0.05, 0) is 24.3 Å². The van der Waals surface area contributed by atoms with Gasteiger partial charge in [0.15, 0.2) is 0 Å². The fraction of sp³-hybridized carbons (Fsp3) is 0.133. The summed E-state index contributed by atoms with van der Waals surface area (Å²) >= 11 is 0. The molecule has 0 unspecified atom stereocenters. The average molecular weight is 252 g/mol. The summed E-state index contributed by atoms with van der Waals surface area (Å²) in [5.41, 5.74) is 8.65. The van der Waals surface area contributed by atoms with Crippen LogP contribution in [-0.4, -0.2) is 19.0 Å². The molecule has 1 aliphatic heterocycles. The average Bonchev–Trinajstić information content (AvgIpc) is 2.82. The third kappa shape index (κ3) is 2.01. The number of benzene rings is 2. The molecule has 19 heavy (non-hydrogen) atoms. The molecule has 0 radical (unpaired) electrons. The van der Waals surface area contributed by atoms with Crippen molar-refractivity contribution in [2.24, 2.45) is 0 Å². The number of hydrogen-bond acceptors (Lipinski definition) is 2. The van der Waals surface area contributed by atoms with Gasteiger partial charge in [0.2, 0.25) is 5.96 Å². The number of nitrogens with one attached hydrogen (secondary N) is 1. The summed E-state index contributed by atoms with van der Waals surface area (Å²) in [4.78, 5) is 3.94. The number of rotatable bonds is 2. The largest absolute Gasteiger partial charge is 0.397 e. The van der Waals surface area contributed by atoms with Crippen LogP contribution in [0.25, 0.3) is 0 Å². The van der Waals surface area contributed by atoms with Crippen molar-refractivity contribution in [1.29, 1.82) is 5.41 Å². The van der Waals surface area contributed by atoms with Crippen LogP contribution < -0.4 is 15.5 Å². The number of nitrogens with two attached hydrogens (primary N) is 1. The second-order valence-corrected chi connectivity index (χ2v) is 4.52. The van der Waals surface area contributed by atoms with E-state index in [1.807, 2.05) is 64.4 Å². The van der Waals surface area contributed by atoms with Crippen LogP contribution in [0, 0.1) is 5.41 Å². The summed E-state index contributed by atoms with van der Waals surface area (Å²) in [6.07, 6.45) is 0. The van der Waals surface area contributed by atoms with Gasteiger partial charge >= 0.3 is 0 Å². The van der Waals surface area contributed by atoms with E-state index in [1.54, 1.807) is 0 Å². The molecular weight excluding hydrogens is 236 g/mol. The lowest BCUT2D eigenvalue weighted by molar-refractivity contribution is 1.03. The lowest BCUT2D eigenvalue weighted by Crippen LogP contribution is -2.32. The minimum atomic E-state index is 0.476. The molecule has 3 N–H and O–H groups in total. The van der Waals surface area contributed by atoms with E-state index in [4.69, 9.17) is 11.1 Å². The Morgan fingerprint density at radius 2 is 1.47 bits per heavy atom. The van der Waals surface area contributed by atoms with Crippen molar-refractivity contribution in [1.82, 2.24) is 0 Å². The van der Waals surface area contributed by atoms with Crippen molar-refractivity contribution in [2.45, 2.75) is 0 Å². The van der Waals surface area contributed by atoms with Crippen LogP contribution in [0.4, 0.5) is 17.1 Å². The van der Waals surface area contributed by atoms with E-state index >= 15 is 0 Å². The van der Waals surface area contributed by atoms with Crippen molar-refractivity contribution >= 4 is 23.0 Å². The summed E-state index contributed by atoms with van der Waals surface area (Å²) in [5, 5.41) is 8.33. The van der Waals surface area contributed by atoms with Crippen LogP contribution in [0.5, 0.6) is 0 Å². The van der Waals surface area contributed by atoms with E-state index in [1.165, 1.54) is 0 Å². The summed E-state index contributed by atoms with van der Waals surface area (Å²) in [5.74, 6) is 0.476. The Labute approximate surface area is 112 Å². The standard InChI is InChI=1S/C15H16N4/c16-13-8-4-5-9-14(13)19-11-10-18(15(19)17)12-6-2-1-3-7-12/h1-9,17H,10-11,16H2. The van der Waals surface area contributed by atoms with E-state index in [0.29, 0.717) is 11.6 Å². The number of para-hydroxylation sites is 3. The van der Waals surface area contributed by atoms with Crippen LogP contribution >= 0.6 is 0 Å². The van der Waals surface area contributed by atoms with Gasteiger partial charge in [0.05, 0.1) is 11.4 Å². The van der Waals surface area contributed by atoms with Crippen LogP contribution in [0.3, 0.4) is 0 Å². The molecule has 0 atom stereocenters. The number of guanidine groups is 1. The highest BCUT2D eigenvalue weighted by molar-refractivity contribution is 6.08. The van der Waals surface area contributed by atoms with Gasteiger partial charge in [0, 0.05) is 18.8 Å². The summed E-state index contributed by atoms with van der Waals surface area (Å²) < 4.78 is 0. The number of hydrogen-bond donors (Lipinski definition) is 2. The van der Waals surface area contributed by atoms with Crippen LogP contribution in [0.15, 0.2) is 54.6 Å². The maximum absolute atomic E-state index is 8.33. The Kier molecular flexibility index (Phi) is 2.83. The van der Waals surface area contributed by atoms with E-state index in [-0.39, 0.29) is 0 Å². The first-order valence-corrected chi connectivity index (χ1v) is 6.30. The first-order chi connectivity index (χ1) is 9.27. The van der Waals surface area contributed by atoms with Crippen molar-refractivity contribution in [3.63, 3.8) is 0 Å². The highest BCUT2D eigenvalue weighted by Gasteiger charge is 2.28. The molecule has 0 bridgehead atoms. The minimum absolute atomic E-state index is 0.476. The maximum Gasteiger partial charge on any atom is 0.203 e. The Morgan fingerprint density at radius 3 is 2.21 bits per heavy atom. The fourth-order valence-electron chi connectivity index (χ4n) is 2.38. The van der Waals surface area contributed by atoms with Crippen molar-refractivity contribution in [3.8, 4) is 0 Å². The Hall–Kier alpha value is -2.49. The number of nitrogen functional groups attached to an aromatic ring is 1. The van der Waals surface area contributed by atoms with Crippen molar-refractivity contribution in [2.75, 3.05) is 28.6 Å². The molecule has 1 aliphatic rings. The second-order valence-electron chi connectivity index (χ2n) is 4.52. The molecule has 0 aromatic heterocycles. The minimum Gasteiger partial charge on any atom is -0.397 e. The van der Waals surface area contributed by atoms with Crippen LogP contribution in [0.1, 0.15) is 0 Å². The summed E-state index contributed by atoms with van der Waals surface area (Å²) in [7, 11) is 0. The smallest absolute Gasteiger partial charge is 0.203 e. The molecule has 4 nitrogen and oxygen atoms in total. The lowest BCUT2D eigenvalue weighted by atomic mass is 10.2. The van der Waals surface area contributed by atoms with Gasteiger partial charge in [-0.2, -0.15) is 0 Å². The maximum atomic E-state index is 8.33. The monoisotopic (exact) mass is 252 g/mol. The zero-order valence-corrected chi connectivity index (χ0v) is 10.6. The molecule has 0 amide bonds. The lowest BCUT2D eigenvalue weighted by Gasteiger charge is -2.22. The Bertz CT molecular complexity index is 594. The first kappa shape index (κ1) is 11.6. The van der Waals surface area contributed by atoms with E-state index in [0.717, 1.165) is 24.5 Å². The Morgan fingerprint density at radius 1 is 0.842 bits per heavy atom. The van der Waals surface area contributed by atoms with Crippen LogP contribution in [-0.2, 0) is 0 Å². The highest BCUT2D eigenvalue weighted by atomic mass is 15.4. The molecule has 2 aromatic rings. The Balaban J connectivity index is 1.89. The van der Waals surface area contributed by atoms with Crippen molar-refractivity contribution in [3.05, 3.63) is 54.6 Å². The zero-order valence-electron chi connectivity index (χ0n) is 10.6. The van der Waals surface area contributed by atoms with Gasteiger partial charge in [0.1, 0.15) is 0 Å². The van der Waals surface area contributed by atoms with E-state index < -0.39 is 0 Å². The molecular formula is C15H16N4. The first-order valence-electron chi connectivity index (χ1n) is 6.30. The van der Waals surface area contributed by atoms with Crippen LogP contribution in [0.2, 0.25) is 0 Å². The van der Waals surface area contributed by atoms with Gasteiger partial charge in [-0.3, -0.25) is 5.41 Å². The molecule has 0 spiro atoms. The molecule has 0 saturated carbocycles. The highest BCUT2D eigenvalue weighted by Crippen LogP contribution is 2.28. The predicted molar refractivity (Wildman–Crippen MR) is 79.7 cm³/mol. The summed E-state index contributed by atoms with van der Waals surface area (Å²) in [6.45, 7) is 1.58. The van der Waals surface area contributed by atoms with E-state index in [2.05, 4.69) is 0 Å². The number of anilines is 3. The molecule has 2 aromatic carbocycles. The molecule has 0 aliphatic carbocycles. The summed E-state index contributed by atoms with van der Waals surface area (Å²) in [6, 6.07) is 17.7. The molecule has 1 fully saturated rings. The quantitative estimate of drug-likeness (QED) is 0.807. The normalized spacial score (nSPS) is 15.1. The van der Waals surface area contributed by atoms with Gasteiger partial charge in [-0.1, -0.05) is 30.3 Å². The van der Waals surface area contributed by atoms with Crippen molar-refractivity contribution < 1.29 is 0 Å². The molecule has 1 saturated heterocycles. The topological polar surface area (TPSA) is 56.4 Å². The zero-order chi connectivity index (χ0) is 13.2. The molecule has 3 rings (SSSR count). The third-order valence-corrected chi connectivity index (χ3v) is 3.35. The SMILES string of the molecule is N=C1N(c2ccccc2)CCN1c1ccccc1N. The van der Waals surface area contributed by atoms with Gasteiger partial charge in [-0.25, -0.2) is 0 Å². The molecule has 1 heterocycles. The second kappa shape index (κ2) is 4.65. The predicted octanol–water partition coefficient (Wildman–Crippen LogP) is 2.53. The molecule has 4 heteroatoms. The third-order valence-electron chi connectivity index (χ3n) is 3.35. The van der Waals surface area contributed by atoms with Gasteiger partial charge in [-0.15, -0.1) is 0 Å². The van der Waals surface area contributed by atoms with Gasteiger partial charge in [0.25, 0.3) is 0 Å². The fourth-order valence-corrected chi connectivity index (χ4v) is 2.38.